The van der Waals surface area contributed by atoms with Crippen molar-refractivity contribution in [3.8, 4) is 0 Å². The van der Waals surface area contributed by atoms with Crippen molar-refractivity contribution in [2.24, 2.45) is 10.9 Å². The van der Waals surface area contributed by atoms with Crippen LogP contribution in [0, 0.1) is 5.92 Å². The molecule has 2 heterocycles. The van der Waals surface area contributed by atoms with Crippen LogP contribution in [-0.2, 0) is 24.2 Å². The molecule has 0 aliphatic carbocycles. The summed E-state index contributed by atoms with van der Waals surface area (Å²) in [6, 6.07) is 0. The highest BCUT2D eigenvalue weighted by molar-refractivity contribution is 5.79. The minimum Gasteiger partial charge on any atom is -0.380 e. The van der Waals surface area contributed by atoms with Gasteiger partial charge in [0.1, 0.15) is 5.82 Å². The van der Waals surface area contributed by atoms with E-state index in [1.807, 2.05) is 0 Å². The fourth-order valence-electron chi connectivity index (χ4n) is 2.72. The Morgan fingerprint density at radius 3 is 2.88 bits per heavy atom. The number of fused-ring (bicyclic) bond motifs is 1. The molecule has 7 nitrogen and oxygen atoms in total. The van der Waals surface area contributed by atoms with E-state index in [9.17, 15) is 0 Å². The van der Waals surface area contributed by atoms with Gasteiger partial charge < -0.3 is 19.9 Å². The lowest BCUT2D eigenvalue weighted by Crippen LogP contribution is -2.39. The fourth-order valence-corrected chi connectivity index (χ4v) is 2.72. The van der Waals surface area contributed by atoms with Crippen LogP contribution in [0.15, 0.2) is 4.99 Å². The van der Waals surface area contributed by atoms with E-state index >= 15 is 0 Å². The molecule has 7 heteroatoms. The van der Waals surface area contributed by atoms with Crippen molar-refractivity contribution in [3.63, 3.8) is 0 Å². The SMILES string of the molecule is CN=C(NCCOCCC(C)C)NCc1nnc2n1CCCCC2. The number of aromatic nitrogens is 3. The summed E-state index contributed by atoms with van der Waals surface area (Å²) < 4.78 is 7.86. The van der Waals surface area contributed by atoms with Crippen molar-refractivity contribution in [2.75, 3.05) is 26.8 Å². The molecular weight excluding hydrogens is 304 g/mol. The van der Waals surface area contributed by atoms with Crippen molar-refractivity contribution < 1.29 is 4.74 Å². The number of rotatable bonds is 8. The summed E-state index contributed by atoms with van der Waals surface area (Å²) in [6.45, 7) is 8.33. The number of ether oxygens (including phenoxy) is 1. The third-order valence-electron chi connectivity index (χ3n) is 4.20. The smallest absolute Gasteiger partial charge is 0.191 e. The van der Waals surface area contributed by atoms with Gasteiger partial charge in [0.2, 0.25) is 0 Å². The minimum atomic E-state index is 0.640. The van der Waals surface area contributed by atoms with E-state index in [1.54, 1.807) is 7.05 Å². The molecule has 2 N–H and O–H groups in total. The quantitative estimate of drug-likeness (QED) is 0.429. The molecule has 0 saturated carbocycles. The van der Waals surface area contributed by atoms with Gasteiger partial charge in [-0.25, -0.2) is 0 Å². The van der Waals surface area contributed by atoms with Gasteiger partial charge in [-0.2, -0.15) is 0 Å². The van der Waals surface area contributed by atoms with Gasteiger partial charge in [0.15, 0.2) is 11.8 Å². The number of aryl methyl sites for hydroxylation is 1. The largest absolute Gasteiger partial charge is 0.380 e. The zero-order valence-corrected chi connectivity index (χ0v) is 15.3. The Morgan fingerprint density at radius 2 is 2.08 bits per heavy atom. The number of nitrogens with one attached hydrogen (secondary N) is 2. The van der Waals surface area contributed by atoms with Crippen LogP contribution in [-0.4, -0.2) is 47.5 Å². The van der Waals surface area contributed by atoms with Crippen LogP contribution >= 0.6 is 0 Å². The summed E-state index contributed by atoms with van der Waals surface area (Å²) in [6.07, 6.45) is 5.83. The summed E-state index contributed by atoms with van der Waals surface area (Å²) in [5, 5.41) is 15.2. The standard InChI is InChI=1S/C17H32N6O/c1-14(2)8-11-24-12-9-19-17(18-3)20-13-16-22-21-15-7-5-4-6-10-23(15)16/h14H,4-13H2,1-3H3,(H2,18,19,20). The molecule has 1 aromatic heterocycles. The topological polar surface area (TPSA) is 76.4 Å². The molecule has 0 radical (unpaired) electrons. The maximum Gasteiger partial charge on any atom is 0.191 e. The summed E-state index contributed by atoms with van der Waals surface area (Å²) in [4.78, 5) is 4.25. The van der Waals surface area contributed by atoms with Crippen LogP contribution in [0.25, 0.3) is 0 Å². The normalized spacial score (nSPS) is 15.2. The average molecular weight is 336 g/mol. The first kappa shape index (κ1) is 18.7. The number of hydrogen-bond acceptors (Lipinski definition) is 4. The van der Waals surface area contributed by atoms with E-state index < -0.39 is 0 Å². The summed E-state index contributed by atoms with van der Waals surface area (Å²) >= 11 is 0. The number of nitrogens with zero attached hydrogens (tertiary/aromatic N) is 4. The monoisotopic (exact) mass is 336 g/mol. The van der Waals surface area contributed by atoms with Gasteiger partial charge in [-0.05, 0) is 25.2 Å². The van der Waals surface area contributed by atoms with Crippen molar-refractivity contribution in [1.29, 1.82) is 0 Å². The average Bonchev–Trinajstić information content (AvgIpc) is 2.80. The molecule has 0 saturated heterocycles. The maximum absolute atomic E-state index is 5.61. The zero-order chi connectivity index (χ0) is 17.2. The summed E-state index contributed by atoms with van der Waals surface area (Å²) in [5.41, 5.74) is 0. The van der Waals surface area contributed by atoms with E-state index in [2.05, 4.69) is 44.2 Å². The van der Waals surface area contributed by atoms with E-state index in [0.717, 1.165) is 50.1 Å². The van der Waals surface area contributed by atoms with Crippen LogP contribution in [0.3, 0.4) is 0 Å². The molecule has 136 valence electrons. The lowest BCUT2D eigenvalue weighted by Gasteiger charge is -2.13. The Labute approximate surface area is 145 Å². The Morgan fingerprint density at radius 1 is 1.21 bits per heavy atom. The third kappa shape index (κ3) is 6.11. The number of aliphatic imine (C=N–C) groups is 1. The first-order valence-electron chi connectivity index (χ1n) is 9.14. The predicted molar refractivity (Wildman–Crippen MR) is 96.1 cm³/mol. The molecule has 0 bridgehead atoms. The highest BCUT2D eigenvalue weighted by Crippen LogP contribution is 2.14. The van der Waals surface area contributed by atoms with Crippen LogP contribution in [0.2, 0.25) is 0 Å². The van der Waals surface area contributed by atoms with Crippen molar-refractivity contribution in [3.05, 3.63) is 11.6 Å². The van der Waals surface area contributed by atoms with Gasteiger partial charge >= 0.3 is 0 Å². The molecule has 2 rings (SSSR count). The van der Waals surface area contributed by atoms with E-state index in [1.165, 1.54) is 19.3 Å². The molecule has 0 unspecified atom stereocenters. The molecule has 1 aromatic rings. The number of hydrogen-bond donors (Lipinski definition) is 2. The highest BCUT2D eigenvalue weighted by Gasteiger charge is 2.14. The molecule has 0 amide bonds. The fraction of sp³-hybridized carbons (Fsp3) is 0.824. The first-order chi connectivity index (χ1) is 11.7. The minimum absolute atomic E-state index is 0.640. The van der Waals surface area contributed by atoms with Gasteiger partial charge in [-0.1, -0.05) is 20.3 Å². The van der Waals surface area contributed by atoms with Gasteiger partial charge in [0.05, 0.1) is 13.2 Å². The molecule has 0 aromatic carbocycles. The van der Waals surface area contributed by atoms with E-state index in [-0.39, 0.29) is 0 Å². The molecule has 1 aliphatic rings. The van der Waals surface area contributed by atoms with Crippen molar-refractivity contribution in [2.45, 2.75) is 59.0 Å². The third-order valence-corrected chi connectivity index (χ3v) is 4.20. The van der Waals surface area contributed by atoms with Crippen LogP contribution < -0.4 is 10.6 Å². The first-order valence-corrected chi connectivity index (χ1v) is 9.14. The molecule has 24 heavy (non-hydrogen) atoms. The lowest BCUT2D eigenvalue weighted by molar-refractivity contribution is 0.128. The Hall–Kier alpha value is -1.63. The second-order valence-corrected chi connectivity index (χ2v) is 6.64. The Bertz CT molecular complexity index is 511. The zero-order valence-electron chi connectivity index (χ0n) is 15.3. The Kier molecular flexibility index (Phi) is 8.01. The Balaban J connectivity index is 1.69. The predicted octanol–water partition coefficient (Wildman–Crippen LogP) is 1.73. The molecule has 1 aliphatic heterocycles. The van der Waals surface area contributed by atoms with Gasteiger partial charge in [0.25, 0.3) is 0 Å². The molecular formula is C17H32N6O. The lowest BCUT2D eigenvalue weighted by atomic mass is 10.1. The van der Waals surface area contributed by atoms with Crippen molar-refractivity contribution >= 4 is 5.96 Å². The summed E-state index contributed by atoms with van der Waals surface area (Å²) in [5.74, 6) is 3.56. The number of guanidine groups is 1. The second kappa shape index (κ2) is 10.3. The van der Waals surface area contributed by atoms with Gasteiger partial charge in [0, 0.05) is 33.2 Å². The highest BCUT2D eigenvalue weighted by atomic mass is 16.5. The molecule has 0 spiro atoms. The van der Waals surface area contributed by atoms with E-state index in [0.29, 0.717) is 19.1 Å². The molecule has 0 fully saturated rings. The van der Waals surface area contributed by atoms with Crippen LogP contribution in [0.1, 0.15) is 51.2 Å². The van der Waals surface area contributed by atoms with E-state index in [4.69, 9.17) is 4.74 Å². The molecule has 0 atom stereocenters. The maximum atomic E-state index is 5.61. The summed E-state index contributed by atoms with van der Waals surface area (Å²) in [7, 11) is 1.78. The van der Waals surface area contributed by atoms with Crippen molar-refractivity contribution in [1.82, 2.24) is 25.4 Å². The second-order valence-electron chi connectivity index (χ2n) is 6.64. The van der Waals surface area contributed by atoms with Crippen LogP contribution in [0.4, 0.5) is 0 Å². The van der Waals surface area contributed by atoms with Crippen LogP contribution in [0.5, 0.6) is 0 Å². The van der Waals surface area contributed by atoms with Gasteiger partial charge in [-0.15, -0.1) is 10.2 Å². The van der Waals surface area contributed by atoms with Gasteiger partial charge in [-0.3, -0.25) is 4.99 Å².